The maximum absolute atomic E-state index is 13.1. The number of benzene rings is 1. The predicted molar refractivity (Wildman–Crippen MR) is 62.5 cm³/mol. The normalized spacial score (nSPS) is 11.8. The van der Waals surface area contributed by atoms with Gasteiger partial charge in [0.05, 0.1) is 11.6 Å². The molecule has 0 saturated heterocycles. The maximum atomic E-state index is 13.1. The summed E-state index contributed by atoms with van der Waals surface area (Å²) in [7, 11) is 0. The standard InChI is InChI=1S/C14H10FNO2/c1-9-5-11(8-18-9)14(17)13(7-16)10-3-2-4-12(15)6-10/h2-6,8,13H,1H3. The molecule has 4 heteroatoms. The molecule has 0 aliphatic carbocycles. The third-order valence-electron chi connectivity index (χ3n) is 2.59. The zero-order chi connectivity index (χ0) is 13.1. The lowest BCUT2D eigenvalue weighted by molar-refractivity contribution is 0.0978. The summed E-state index contributed by atoms with van der Waals surface area (Å²) >= 11 is 0. The van der Waals surface area contributed by atoms with Crippen LogP contribution in [0.15, 0.2) is 41.0 Å². The lowest BCUT2D eigenvalue weighted by Gasteiger charge is -2.06. The first-order valence-electron chi connectivity index (χ1n) is 5.36. The van der Waals surface area contributed by atoms with Gasteiger partial charge >= 0.3 is 0 Å². The van der Waals surface area contributed by atoms with Crippen LogP contribution in [-0.4, -0.2) is 5.78 Å². The molecule has 1 aromatic heterocycles. The van der Waals surface area contributed by atoms with Crippen molar-refractivity contribution >= 4 is 5.78 Å². The van der Waals surface area contributed by atoms with Gasteiger partial charge in [0.25, 0.3) is 0 Å². The molecule has 0 amide bonds. The fourth-order valence-corrected chi connectivity index (χ4v) is 1.71. The van der Waals surface area contributed by atoms with E-state index in [4.69, 9.17) is 9.68 Å². The molecular weight excluding hydrogens is 233 g/mol. The molecule has 0 fully saturated rings. The maximum Gasteiger partial charge on any atom is 0.187 e. The number of hydrogen-bond donors (Lipinski definition) is 0. The molecule has 1 unspecified atom stereocenters. The van der Waals surface area contributed by atoms with Gasteiger partial charge in [0.1, 0.15) is 23.8 Å². The highest BCUT2D eigenvalue weighted by atomic mass is 19.1. The first-order valence-corrected chi connectivity index (χ1v) is 5.36. The predicted octanol–water partition coefficient (Wildman–Crippen LogP) is 3.22. The number of carbonyl (C=O) groups is 1. The van der Waals surface area contributed by atoms with E-state index in [9.17, 15) is 9.18 Å². The van der Waals surface area contributed by atoms with Gasteiger partial charge in [0.2, 0.25) is 0 Å². The number of ketones is 1. The summed E-state index contributed by atoms with van der Waals surface area (Å²) in [5, 5.41) is 9.08. The number of nitriles is 1. The van der Waals surface area contributed by atoms with Crippen LogP contribution < -0.4 is 0 Å². The van der Waals surface area contributed by atoms with Gasteiger partial charge in [-0.3, -0.25) is 4.79 Å². The van der Waals surface area contributed by atoms with Crippen LogP contribution in [0, 0.1) is 24.1 Å². The number of halogens is 1. The van der Waals surface area contributed by atoms with Crippen molar-refractivity contribution < 1.29 is 13.6 Å². The van der Waals surface area contributed by atoms with Gasteiger partial charge in [-0.15, -0.1) is 0 Å². The van der Waals surface area contributed by atoms with Crippen molar-refractivity contribution in [1.29, 1.82) is 5.26 Å². The minimum atomic E-state index is -1.02. The number of furan rings is 1. The van der Waals surface area contributed by atoms with Gasteiger partial charge in [0, 0.05) is 0 Å². The molecule has 0 aliphatic heterocycles. The smallest absolute Gasteiger partial charge is 0.187 e. The van der Waals surface area contributed by atoms with E-state index >= 15 is 0 Å². The zero-order valence-electron chi connectivity index (χ0n) is 9.68. The Labute approximate surface area is 103 Å². The fraction of sp³-hybridized carbons (Fsp3) is 0.143. The Balaban J connectivity index is 2.35. The third kappa shape index (κ3) is 2.30. The minimum absolute atomic E-state index is 0.323. The van der Waals surface area contributed by atoms with Crippen LogP contribution in [0.3, 0.4) is 0 Å². The second-order valence-electron chi connectivity index (χ2n) is 3.93. The number of carbonyl (C=O) groups excluding carboxylic acids is 1. The molecule has 0 radical (unpaired) electrons. The summed E-state index contributed by atoms with van der Waals surface area (Å²) in [5.41, 5.74) is 0.671. The molecule has 1 heterocycles. The number of rotatable bonds is 3. The second kappa shape index (κ2) is 4.84. The summed E-state index contributed by atoms with van der Waals surface area (Å²) in [6, 6.07) is 8.95. The SMILES string of the molecule is Cc1cc(C(=O)C(C#N)c2cccc(F)c2)co1. The highest BCUT2D eigenvalue weighted by Crippen LogP contribution is 2.22. The van der Waals surface area contributed by atoms with Crippen molar-refractivity contribution in [3.05, 3.63) is 59.3 Å². The van der Waals surface area contributed by atoms with E-state index in [0.717, 1.165) is 0 Å². The van der Waals surface area contributed by atoms with E-state index in [1.807, 2.05) is 6.07 Å². The molecule has 0 saturated carbocycles. The van der Waals surface area contributed by atoms with Crippen molar-refractivity contribution in [2.24, 2.45) is 0 Å². The van der Waals surface area contributed by atoms with Crippen LogP contribution in [0.5, 0.6) is 0 Å². The highest BCUT2D eigenvalue weighted by Gasteiger charge is 2.23. The van der Waals surface area contributed by atoms with Crippen LogP contribution in [0.4, 0.5) is 4.39 Å². The molecule has 0 spiro atoms. The zero-order valence-corrected chi connectivity index (χ0v) is 9.68. The Morgan fingerprint density at radius 1 is 1.44 bits per heavy atom. The first-order chi connectivity index (χ1) is 8.61. The fourth-order valence-electron chi connectivity index (χ4n) is 1.71. The van der Waals surface area contributed by atoms with E-state index in [2.05, 4.69) is 0 Å². The van der Waals surface area contributed by atoms with E-state index in [-0.39, 0.29) is 5.78 Å². The average Bonchev–Trinajstić information content (AvgIpc) is 2.77. The summed E-state index contributed by atoms with van der Waals surface area (Å²) in [4.78, 5) is 12.1. The van der Waals surface area contributed by atoms with Crippen LogP contribution in [0.2, 0.25) is 0 Å². The Morgan fingerprint density at radius 3 is 2.78 bits per heavy atom. The Bertz CT molecular complexity index is 625. The monoisotopic (exact) mass is 243 g/mol. The van der Waals surface area contributed by atoms with Crippen molar-refractivity contribution in [2.75, 3.05) is 0 Å². The number of hydrogen-bond acceptors (Lipinski definition) is 3. The van der Waals surface area contributed by atoms with Crippen molar-refractivity contribution in [1.82, 2.24) is 0 Å². The van der Waals surface area contributed by atoms with Gasteiger partial charge in [-0.25, -0.2) is 4.39 Å². The van der Waals surface area contributed by atoms with Crippen LogP contribution >= 0.6 is 0 Å². The van der Waals surface area contributed by atoms with Gasteiger partial charge in [-0.2, -0.15) is 5.26 Å². The number of nitrogens with zero attached hydrogens (tertiary/aromatic N) is 1. The molecule has 1 aromatic carbocycles. The largest absolute Gasteiger partial charge is 0.469 e. The molecule has 90 valence electrons. The second-order valence-corrected chi connectivity index (χ2v) is 3.93. The summed E-state index contributed by atoms with van der Waals surface area (Å²) in [6.45, 7) is 1.71. The van der Waals surface area contributed by atoms with Gasteiger partial charge in [-0.1, -0.05) is 12.1 Å². The molecular formula is C14H10FNO2. The minimum Gasteiger partial charge on any atom is -0.469 e. The molecule has 2 rings (SSSR count). The van der Waals surface area contributed by atoms with Crippen molar-refractivity contribution in [2.45, 2.75) is 12.8 Å². The molecule has 1 atom stereocenters. The first kappa shape index (κ1) is 12.1. The van der Waals surface area contributed by atoms with Gasteiger partial charge in [0.15, 0.2) is 5.78 Å². The Kier molecular flexibility index (Phi) is 3.24. The molecule has 0 N–H and O–H groups in total. The summed E-state index contributed by atoms with van der Waals surface area (Å²) in [5.74, 6) is -1.28. The van der Waals surface area contributed by atoms with Crippen LogP contribution in [0.1, 0.15) is 27.6 Å². The summed E-state index contributed by atoms with van der Waals surface area (Å²) < 4.78 is 18.1. The van der Waals surface area contributed by atoms with Crippen LogP contribution in [0.25, 0.3) is 0 Å². The Hall–Kier alpha value is -2.41. The van der Waals surface area contributed by atoms with Crippen LogP contribution in [-0.2, 0) is 0 Å². The molecule has 0 bridgehead atoms. The third-order valence-corrected chi connectivity index (χ3v) is 2.59. The van der Waals surface area contributed by atoms with E-state index in [1.54, 1.807) is 19.1 Å². The molecule has 2 aromatic rings. The Morgan fingerprint density at radius 2 is 2.22 bits per heavy atom. The van der Waals surface area contributed by atoms with Gasteiger partial charge < -0.3 is 4.42 Å². The quantitative estimate of drug-likeness (QED) is 0.778. The van der Waals surface area contributed by atoms with Crippen molar-refractivity contribution in [3.63, 3.8) is 0 Å². The van der Waals surface area contributed by atoms with E-state index in [0.29, 0.717) is 16.9 Å². The average molecular weight is 243 g/mol. The van der Waals surface area contributed by atoms with Crippen molar-refractivity contribution in [3.8, 4) is 6.07 Å². The molecule has 0 aliphatic rings. The summed E-state index contributed by atoms with van der Waals surface area (Å²) in [6.07, 6.45) is 1.31. The lowest BCUT2D eigenvalue weighted by atomic mass is 9.93. The van der Waals surface area contributed by atoms with Gasteiger partial charge in [-0.05, 0) is 30.7 Å². The van der Waals surface area contributed by atoms with E-state index in [1.165, 1.54) is 24.5 Å². The topological polar surface area (TPSA) is 54.0 Å². The van der Waals surface area contributed by atoms with E-state index < -0.39 is 11.7 Å². The number of Topliss-reactive ketones (excluding diaryl/α,β-unsaturated/α-hetero) is 1. The highest BCUT2D eigenvalue weighted by molar-refractivity contribution is 6.02. The molecule has 3 nitrogen and oxygen atoms in total. The lowest BCUT2D eigenvalue weighted by Crippen LogP contribution is -2.10. The number of aryl methyl sites for hydroxylation is 1. The molecule has 18 heavy (non-hydrogen) atoms.